The van der Waals surface area contributed by atoms with Crippen molar-refractivity contribution in [3.63, 3.8) is 0 Å². The van der Waals surface area contributed by atoms with Crippen molar-refractivity contribution in [2.45, 2.75) is 6.92 Å². The van der Waals surface area contributed by atoms with Crippen LogP contribution in [0.2, 0.25) is 0 Å². The van der Waals surface area contributed by atoms with Crippen LogP contribution in [0.25, 0.3) is 6.08 Å². The van der Waals surface area contributed by atoms with Crippen LogP contribution in [0, 0.1) is 24.4 Å². The third-order valence-corrected chi connectivity index (χ3v) is 3.14. The number of carbonyl (C=O) groups is 2. The highest BCUT2D eigenvalue weighted by atomic mass is 32.2. The lowest BCUT2D eigenvalue weighted by molar-refractivity contribution is -0.115. The molecule has 0 saturated carbocycles. The highest BCUT2D eigenvalue weighted by molar-refractivity contribution is 8.18. The number of benzene rings is 1. The zero-order valence-electron chi connectivity index (χ0n) is 9.01. The van der Waals surface area contributed by atoms with Crippen LogP contribution in [0.4, 0.5) is 18.0 Å². The number of nitrogens with one attached hydrogen (secondary N) is 1. The summed E-state index contributed by atoms with van der Waals surface area (Å²) in [4.78, 5) is 22.0. The third-order valence-electron chi connectivity index (χ3n) is 2.33. The van der Waals surface area contributed by atoms with Crippen LogP contribution in [0.3, 0.4) is 0 Å². The van der Waals surface area contributed by atoms with E-state index in [4.69, 9.17) is 0 Å². The summed E-state index contributed by atoms with van der Waals surface area (Å²) in [5, 5.41) is 1.38. The molecule has 1 aromatic rings. The summed E-state index contributed by atoms with van der Waals surface area (Å²) < 4.78 is 39.8. The molecule has 0 aliphatic carbocycles. The Balaban J connectivity index is 2.50. The average Bonchev–Trinajstić information content (AvgIpc) is 2.62. The second kappa shape index (κ2) is 4.49. The Kier molecular flexibility index (Phi) is 3.16. The van der Waals surface area contributed by atoms with E-state index in [0.29, 0.717) is 17.8 Å². The fraction of sp³-hybridized carbons (Fsp3) is 0.0909. The molecule has 1 fully saturated rings. The molecule has 1 aliphatic rings. The maximum absolute atomic E-state index is 13.6. The molecule has 1 aromatic carbocycles. The van der Waals surface area contributed by atoms with Gasteiger partial charge in [-0.05, 0) is 30.8 Å². The fourth-order valence-corrected chi connectivity index (χ4v) is 2.10. The molecule has 94 valence electrons. The van der Waals surface area contributed by atoms with Crippen molar-refractivity contribution in [3.05, 3.63) is 39.6 Å². The van der Waals surface area contributed by atoms with Gasteiger partial charge in [0.15, 0.2) is 11.6 Å². The Hall–Kier alpha value is -1.76. The second-order valence-electron chi connectivity index (χ2n) is 3.55. The molecular formula is C11H6F3NO2S. The first kappa shape index (κ1) is 12.7. The minimum Gasteiger partial charge on any atom is -0.282 e. The van der Waals surface area contributed by atoms with Gasteiger partial charge in [-0.15, -0.1) is 0 Å². The van der Waals surface area contributed by atoms with E-state index in [0.717, 1.165) is 13.0 Å². The number of imide groups is 1. The predicted octanol–water partition coefficient (Wildman–Crippen LogP) is 2.74. The van der Waals surface area contributed by atoms with Gasteiger partial charge in [0.2, 0.25) is 0 Å². The molecule has 0 atom stereocenters. The summed E-state index contributed by atoms with van der Waals surface area (Å²) in [6.07, 6.45) is 1.01. The largest absolute Gasteiger partial charge is 0.290 e. The van der Waals surface area contributed by atoms with Crippen molar-refractivity contribution >= 4 is 29.0 Å². The zero-order chi connectivity index (χ0) is 13.4. The van der Waals surface area contributed by atoms with E-state index in [1.54, 1.807) is 0 Å². The Morgan fingerprint density at radius 3 is 2.44 bits per heavy atom. The highest BCUT2D eigenvalue weighted by Crippen LogP contribution is 2.28. The summed E-state index contributed by atoms with van der Waals surface area (Å²) in [7, 11) is 0. The van der Waals surface area contributed by atoms with Crippen molar-refractivity contribution in [1.82, 2.24) is 5.32 Å². The lowest BCUT2D eigenvalue weighted by atomic mass is 10.1. The molecule has 7 heteroatoms. The smallest absolute Gasteiger partial charge is 0.282 e. The molecule has 0 bridgehead atoms. The first-order valence-corrected chi connectivity index (χ1v) is 5.60. The number of halogens is 3. The van der Waals surface area contributed by atoms with Gasteiger partial charge in [0, 0.05) is 11.1 Å². The van der Waals surface area contributed by atoms with E-state index < -0.39 is 34.2 Å². The SMILES string of the molecule is Cc1c(F)c(F)cc(C=C2SC(=O)NC2=O)c1F. The summed E-state index contributed by atoms with van der Waals surface area (Å²) in [6, 6.07) is 0.640. The van der Waals surface area contributed by atoms with Gasteiger partial charge >= 0.3 is 0 Å². The highest BCUT2D eigenvalue weighted by Gasteiger charge is 2.26. The molecule has 0 aromatic heterocycles. The van der Waals surface area contributed by atoms with Gasteiger partial charge < -0.3 is 0 Å². The number of rotatable bonds is 1. The molecule has 18 heavy (non-hydrogen) atoms. The lowest BCUT2D eigenvalue weighted by Crippen LogP contribution is -2.17. The van der Waals surface area contributed by atoms with Crippen LogP contribution in [-0.2, 0) is 4.79 Å². The van der Waals surface area contributed by atoms with Crippen LogP contribution >= 0.6 is 11.8 Å². The van der Waals surface area contributed by atoms with E-state index in [2.05, 4.69) is 0 Å². The molecule has 2 rings (SSSR count). The third kappa shape index (κ3) is 2.13. The molecule has 0 unspecified atom stereocenters. The fourth-order valence-electron chi connectivity index (χ4n) is 1.42. The Morgan fingerprint density at radius 1 is 1.22 bits per heavy atom. The molecule has 3 nitrogen and oxygen atoms in total. The summed E-state index contributed by atoms with van der Waals surface area (Å²) in [6.45, 7) is 1.09. The number of thioether (sulfide) groups is 1. The molecule has 0 spiro atoms. The van der Waals surface area contributed by atoms with Gasteiger partial charge in [-0.3, -0.25) is 14.9 Å². The van der Waals surface area contributed by atoms with E-state index >= 15 is 0 Å². The van der Waals surface area contributed by atoms with Crippen LogP contribution in [0.5, 0.6) is 0 Å². The van der Waals surface area contributed by atoms with Crippen LogP contribution < -0.4 is 5.32 Å². The zero-order valence-corrected chi connectivity index (χ0v) is 9.83. The van der Waals surface area contributed by atoms with E-state index in [1.165, 1.54) is 0 Å². The van der Waals surface area contributed by atoms with Crippen LogP contribution in [-0.4, -0.2) is 11.1 Å². The molecule has 1 heterocycles. The van der Waals surface area contributed by atoms with Crippen molar-refractivity contribution in [2.24, 2.45) is 0 Å². The van der Waals surface area contributed by atoms with Crippen molar-refractivity contribution < 1.29 is 22.8 Å². The van der Waals surface area contributed by atoms with Gasteiger partial charge in [-0.2, -0.15) is 0 Å². The summed E-state index contributed by atoms with van der Waals surface area (Å²) in [5.41, 5.74) is -0.754. The first-order chi connectivity index (χ1) is 8.40. The average molecular weight is 273 g/mol. The summed E-state index contributed by atoms with van der Waals surface area (Å²) >= 11 is 0.572. The minimum absolute atomic E-state index is 0.0655. The molecule has 1 N–H and O–H groups in total. The van der Waals surface area contributed by atoms with Gasteiger partial charge in [0.1, 0.15) is 5.82 Å². The normalized spacial score (nSPS) is 17.4. The molecule has 1 aliphatic heterocycles. The Morgan fingerprint density at radius 2 is 1.89 bits per heavy atom. The monoisotopic (exact) mass is 273 g/mol. The van der Waals surface area contributed by atoms with Crippen molar-refractivity contribution in [1.29, 1.82) is 0 Å². The van der Waals surface area contributed by atoms with Gasteiger partial charge in [0.25, 0.3) is 11.1 Å². The quantitative estimate of drug-likeness (QED) is 0.632. The van der Waals surface area contributed by atoms with E-state index in [1.807, 2.05) is 5.32 Å². The van der Waals surface area contributed by atoms with Crippen molar-refractivity contribution in [2.75, 3.05) is 0 Å². The van der Waals surface area contributed by atoms with Gasteiger partial charge in [-0.25, -0.2) is 13.2 Å². The predicted molar refractivity (Wildman–Crippen MR) is 60.2 cm³/mol. The van der Waals surface area contributed by atoms with Crippen molar-refractivity contribution in [3.8, 4) is 0 Å². The lowest BCUT2D eigenvalue weighted by Gasteiger charge is -2.04. The number of carbonyl (C=O) groups excluding carboxylic acids is 2. The van der Waals surface area contributed by atoms with E-state index in [-0.39, 0.29) is 10.5 Å². The topological polar surface area (TPSA) is 46.2 Å². The van der Waals surface area contributed by atoms with Gasteiger partial charge in [0.05, 0.1) is 4.91 Å². The second-order valence-corrected chi connectivity index (χ2v) is 4.57. The Labute approximate surface area is 104 Å². The maximum Gasteiger partial charge on any atom is 0.290 e. The minimum atomic E-state index is -1.27. The molecule has 0 radical (unpaired) electrons. The Bertz CT molecular complexity index is 598. The molecular weight excluding hydrogens is 267 g/mol. The number of amides is 2. The van der Waals surface area contributed by atoms with Gasteiger partial charge in [-0.1, -0.05) is 0 Å². The first-order valence-electron chi connectivity index (χ1n) is 4.79. The number of hydrogen-bond donors (Lipinski definition) is 1. The number of hydrogen-bond acceptors (Lipinski definition) is 3. The van der Waals surface area contributed by atoms with E-state index in [9.17, 15) is 22.8 Å². The summed E-state index contributed by atoms with van der Waals surface area (Å²) in [5.74, 6) is -4.13. The van der Waals surface area contributed by atoms with Crippen LogP contribution in [0.15, 0.2) is 11.0 Å². The van der Waals surface area contributed by atoms with Crippen LogP contribution in [0.1, 0.15) is 11.1 Å². The standard InChI is InChI=1S/C11H6F3NO2S/c1-4-8(13)5(2-6(12)9(4)14)3-7-10(16)15-11(17)18-7/h2-3H,1H3,(H,15,16,17). The maximum atomic E-state index is 13.6. The molecule has 1 saturated heterocycles. The molecule has 2 amide bonds.